The van der Waals surface area contributed by atoms with Crippen LogP contribution in [0.15, 0.2) is 18.2 Å². The van der Waals surface area contributed by atoms with E-state index in [0.29, 0.717) is 16.5 Å². The van der Waals surface area contributed by atoms with Crippen LogP contribution in [-0.4, -0.2) is 11.4 Å². The van der Waals surface area contributed by atoms with Crippen molar-refractivity contribution in [2.75, 3.05) is 0 Å². The van der Waals surface area contributed by atoms with Gasteiger partial charge >= 0.3 is 0 Å². The smallest absolute Gasteiger partial charge is 0.217 e. The molecule has 88 valence electrons. The summed E-state index contributed by atoms with van der Waals surface area (Å²) in [7, 11) is 0. The van der Waals surface area contributed by atoms with Gasteiger partial charge in [0.15, 0.2) is 0 Å². The summed E-state index contributed by atoms with van der Waals surface area (Å²) >= 11 is 12.0. The molecule has 0 aliphatic carbocycles. The minimum absolute atomic E-state index is 0.0526. The Labute approximate surface area is 106 Å². The first kappa shape index (κ1) is 13.3. The van der Waals surface area contributed by atoms with Crippen LogP contribution in [0, 0.1) is 0 Å². The summed E-state index contributed by atoms with van der Waals surface area (Å²) in [4.78, 5) is 11.0. The number of benzene rings is 1. The first-order chi connectivity index (χ1) is 7.32. The van der Waals surface area contributed by atoms with Gasteiger partial charge in [-0.15, -0.1) is 0 Å². The van der Waals surface area contributed by atoms with E-state index in [0.717, 1.165) is 5.56 Å². The fraction of sp³-hybridized carbons (Fsp3) is 0.417. The molecule has 4 heteroatoms. The molecular weight excluding hydrogens is 245 g/mol. The molecule has 0 saturated carbocycles. The summed E-state index contributed by atoms with van der Waals surface area (Å²) in [5.74, 6) is -0.0526. The van der Waals surface area contributed by atoms with Crippen molar-refractivity contribution in [3.63, 3.8) is 0 Å². The highest BCUT2D eigenvalue weighted by atomic mass is 35.5. The van der Waals surface area contributed by atoms with Crippen molar-refractivity contribution in [3.05, 3.63) is 33.8 Å². The quantitative estimate of drug-likeness (QED) is 0.886. The van der Waals surface area contributed by atoms with Gasteiger partial charge in [-0.05, 0) is 31.9 Å². The maximum Gasteiger partial charge on any atom is 0.217 e. The molecule has 16 heavy (non-hydrogen) atoms. The summed E-state index contributed by atoms with van der Waals surface area (Å²) < 4.78 is 0. The molecule has 1 aromatic carbocycles. The molecule has 0 fully saturated rings. The van der Waals surface area contributed by atoms with Crippen molar-refractivity contribution >= 4 is 29.1 Å². The molecule has 0 aromatic heterocycles. The van der Waals surface area contributed by atoms with Crippen LogP contribution in [0.25, 0.3) is 0 Å². The molecule has 1 N–H and O–H groups in total. The van der Waals surface area contributed by atoms with Crippen molar-refractivity contribution in [3.8, 4) is 0 Å². The fourth-order valence-corrected chi connectivity index (χ4v) is 2.07. The first-order valence-corrected chi connectivity index (χ1v) is 5.79. The predicted octanol–water partition coefficient (Wildman–Crippen LogP) is 3.45. The van der Waals surface area contributed by atoms with Gasteiger partial charge in [-0.1, -0.05) is 35.3 Å². The number of amides is 1. The van der Waals surface area contributed by atoms with Crippen LogP contribution in [0.5, 0.6) is 0 Å². The van der Waals surface area contributed by atoms with E-state index in [1.54, 1.807) is 6.07 Å². The van der Waals surface area contributed by atoms with E-state index in [1.165, 1.54) is 6.92 Å². The molecule has 0 aliphatic rings. The lowest BCUT2D eigenvalue weighted by molar-refractivity contribution is -0.120. The SMILES string of the molecule is CC(=O)NC(C)(C)Cc1cccc(Cl)c1Cl. The van der Waals surface area contributed by atoms with Gasteiger partial charge in [-0.2, -0.15) is 0 Å². The van der Waals surface area contributed by atoms with E-state index in [4.69, 9.17) is 23.2 Å². The maximum atomic E-state index is 11.0. The third kappa shape index (κ3) is 3.69. The van der Waals surface area contributed by atoms with Crippen LogP contribution in [0.4, 0.5) is 0 Å². The number of hydrogen-bond donors (Lipinski definition) is 1. The van der Waals surface area contributed by atoms with Gasteiger partial charge in [0.05, 0.1) is 10.0 Å². The molecule has 1 rings (SSSR count). The number of carbonyl (C=O) groups excluding carboxylic acids is 1. The van der Waals surface area contributed by atoms with Gasteiger partial charge in [0.1, 0.15) is 0 Å². The number of hydrogen-bond acceptors (Lipinski definition) is 1. The van der Waals surface area contributed by atoms with Gasteiger partial charge in [0.2, 0.25) is 5.91 Å². The molecule has 0 aliphatic heterocycles. The van der Waals surface area contributed by atoms with Crippen molar-refractivity contribution in [2.45, 2.75) is 32.7 Å². The molecule has 2 nitrogen and oxygen atoms in total. The van der Waals surface area contributed by atoms with Gasteiger partial charge < -0.3 is 5.32 Å². The lowest BCUT2D eigenvalue weighted by Crippen LogP contribution is -2.44. The Kier molecular flexibility index (Phi) is 4.22. The summed E-state index contributed by atoms with van der Waals surface area (Å²) in [6.45, 7) is 5.40. The number of halogens is 2. The topological polar surface area (TPSA) is 29.1 Å². The Hall–Kier alpha value is -0.730. The zero-order valence-corrected chi connectivity index (χ0v) is 11.1. The molecule has 0 saturated heterocycles. The first-order valence-electron chi connectivity index (χ1n) is 5.03. The third-order valence-corrected chi connectivity index (χ3v) is 3.04. The van der Waals surface area contributed by atoms with Crippen molar-refractivity contribution in [1.82, 2.24) is 5.32 Å². The standard InChI is InChI=1S/C12H15Cl2NO/c1-8(16)15-12(2,3)7-9-5-4-6-10(13)11(9)14/h4-6H,7H2,1-3H3,(H,15,16). The Balaban J connectivity index is 2.87. The second-order valence-corrected chi connectivity index (χ2v) is 5.24. The lowest BCUT2D eigenvalue weighted by Gasteiger charge is -2.26. The van der Waals surface area contributed by atoms with Crippen molar-refractivity contribution < 1.29 is 4.79 Å². The Morgan fingerprint density at radius 3 is 2.56 bits per heavy atom. The molecule has 1 aromatic rings. The normalized spacial score (nSPS) is 11.3. The Bertz CT molecular complexity index is 402. The molecule has 0 bridgehead atoms. The van der Waals surface area contributed by atoms with Crippen LogP contribution in [-0.2, 0) is 11.2 Å². The number of carbonyl (C=O) groups is 1. The summed E-state index contributed by atoms with van der Waals surface area (Å²) in [6, 6.07) is 5.52. The summed E-state index contributed by atoms with van der Waals surface area (Å²) in [6.07, 6.45) is 0.645. The average molecular weight is 260 g/mol. The van der Waals surface area contributed by atoms with E-state index in [2.05, 4.69) is 5.32 Å². The lowest BCUT2D eigenvalue weighted by atomic mass is 9.95. The van der Waals surface area contributed by atoms with Gasteiger partial charge in [0, 0.05) is 12.5 Å². The second kappa shape index (κ2) is 5.07. The minimum Gasteiger partial charge on any atom is -0.351 e. The van der Waals surface area contributed by atoms with Crippen LogP contribution >= 0.6 is 23.2 Å². The molecular formula is C12H15Cl2NO. The van der Waals surface area contributed by atoms with Crippen LogP contribution < -0.4 is 5.32 Å². The largest absolute Gasteiger partial charge is 0.351 e. The highest BCUT2D eigenvalue weighted by Crippen LogP contribution is 2.28. The van der Waals surface area contributed by atoms with E-state index < -0.39 is 0 Å². The van der Waals surface area contributed by atoms with Gasteiger partial charge in [-0.3, -0.25) is 4.79 Å². The molecule has 0 radical (unpaired) electrons. The van der Waals surface area contributed by atoms with Crippen LogP contribution in [0.3, 0.4) is 0 Å². The number of nitrogens with one attached hydrogen (secondary N) is 1. The van der Waals surface area contributed by atoms with E-state index >= 15 is 0 Å². The Morgan fingerprint density at radius 2 is 2.00 bits per heavy atom. The molecule has 1 amide bonds. The third-order valence-electron chi connectivity index (χ3n) is 2.18. The fourth-order valence-electron chi connectivity index (χ4n) is 1.68. The monoisotopic (exact) mass is 259 g/mol. The molecule has 0 unspecified atom stereocenters. The van der Waals surface area contributed by atoms with Gasteiger partial charge in [0.25, 0.3) is 0 Å². The van der Waals surface area contributed by atoms with Crippen molar-refractivity contribution in [1.29, 1.82) is 0 Å². The summed E-state index contributed by atoms with van der Waals surface area (Å²) in [5.41, 5.74) is 0.605. The Morgan fingerprint density at radius 1 is 1.38 bits per heavy atom. The van der Waals surface area contributed by atoms with Crippen molar-refractivity contribution in [2.24, 2.45) is 0 Å². The van der Waals surface area contributed by atoms with E-state index in [1.807, 2.05) is 26.0 Å². The average Bonchev–Trinajstić information content (AvgIpc) is 2.10. The minimum atomic E-state index is -0.333. The zero-order valence-electron chi connectivity index (χ0n) is 9.60. The highest BCUT2D eigenvalue weighted by Gasteiger charge is 2.21. The van der Waals surface area contributed by atoms with E-state index in [9.17, 15) is 4.79 Å². The predicted molar refractivity (Wildman–Crippen MR) is 68.1 cm³/mol. The highest BCUT2D eigenvalue weighted by molar-refractivity contribution is 6.42. The van der Waals surface area contributed by atoms with Crippen LogP contribution in [0.1, 0.15) is 26.3 Å². The van der Waals surface area contributed by atoms with Gasteiger partial charge in [-0.25, -0.2) is 0 Å². The molecule has 0 heterocycles. The second-order valence-electron chi connectivity index (χ2n) is 4.45. The zero-order chi connectivity index (χ0) is 12.3. The molecule has 0 spiro atoms. The number of rotatable bonds is 3. The molecule has 0 atom stereocenters. The van der Waals surface area contributed by atoms with Crippen LogP contribution in [0.2, 0.25) is 10.0 Å². The summed E-state index contributed by atoms with van der Waals surface area (Å²) in [5, 5.41) is 3.97. The maximum absolute atomic E-state index is 11.0. The van der Waals surface area contributed by atoms with E-state index in [-0.39, 0.29) is 11.4 Å².